The van der Waals surface area contributed by atoms with Gasteiger partial charge in [-0.3, -0.25) is 0 Å². The summed E-state index contributed by atoms with van der Waals surface area (Å²) in [5.74, 6) is 0.555. The van der Waals surface area contributed by atoms with Crippen molar-refractivity contribution in [1.29, 1.82) is 0 Å². The third-order valence-electron chi connectivity index (χ3n) is 2.63. The summed E-state index contributed by atoms with van der Waals surface area (Å²) >= 11 is 11.3. The quantitative estimate of drug-likeness (QED) is 0.843. The molecule has 2 aromatic rings. The number of aromatic nitrogens is 1. The maximum atomic E-state index is 6.06. The van der Waals surface area contributed by atoms with Crippen LogP contribution in [0.25, 0.3) is 0 Å². The molecule has 1 aromatic heterocycles. The fourth-order valence-electron chi connectivity index (χ4n) is 1.54. The summed E-state index contributed by atoms with van der Waals surface area (Å²) in [5.41, 5.74) is 2.64. The van der Waals surface area contributed by atoms with E-state index >= 15 is 0 Å². The molecule has 0 atom stereocenters. The Bertz CT molecular complexity index is 616. The van der Waals surface area contributed by atoms with Gasteiger partial charge in [0.15, 0.2) is 5.11 Å². The first kappa shape index (κ1) is 14.6. The second kappa shape index (κ2) is 6.54. The molecule has 2 N–H and O–H groups in total. The van der Waals surface area contributed by atoms with Gasteiger partial charge in [0.05, 0.1) is 19.0 Å². The molecule has 2 rings (SSSR count). The van der Waals surface area contributed by atoms with E-state index in [1.54, 1.807) is 19.4 Å². The van der Waals surface area contributed by atoms with Crippen LogP contribution in [0.2, 0.25) is 5.02 Å². The number of nitrogens with one attached hydrogen (secondary N) is 2. The largest absolute Gasteiger partial charge is 0.481 e. The van der Waals surface area contributed by atoms with E-state index in [-0.39, 0.29) is 0 Å². The Hall–Kier alpha value is -1.85. The van der Waals surface area contributed by atoms with Crippen LogP contribution in [0.1, 0.15) is 5.56 Å². The SMILES string of the molecule is COc1ccc(NC(=S)Nc2ccc(C)c(Cl)c2)cn1. The van der Waals surface area contributed by atoms with Gasteiger partial charge in [0, 0.05) is 16.8 Å². The minimum Gasteiger partial charge on any atom is -0.481 e. The van der Waals surface area contributed by atoms with Crippen LogP contribution in [-0.2, 0) is 0 Å². The van der Waals surface area contributed by atoms with E-state index < -0.39 is 0 Å². The lowest BCUT2D eigenvalue weighted by Gasteiger charge is -2.11. The lowest BCUT2D eigenvalue weighted by Crippen LogP contribution is -2.19. The number of aryl methyl sites for hydroxylation is 1. The minimum absolute atomic E-state index is 0.469. The fraction of sp³-hybridized carbons (Fsp3) is 0.143. The molecule has 1 aromatic carbocycles. The minimum atomic E-state index is 0.469. The average molecular weight is 308 g/mol. The van der Waals surface area contributed by atoms with Gasteiger partial charge in [0.1, 0.15) is 0 Å². The van der Waals surface area contributed by atoms with Crippen LogP contribution in [0, 0.1) is 6.92 Å². The van der Waals surface area contributed by atoms with E-state index in [0.717, 1.165) is 16.9 Å². The predicted molar refractivity (Wildman–Crippen MR) is 86.8 cm³/mol. The topological polar surface area (TPSA) is 46.2 Å². The second-order valence-electron chi connectivity index (χ2n) is 4.13. The Balaban J connectivity index is 1.99. The van der Waals surface area contributed by atoms with Crippen LogP contribution in [0.4, 0.5) is 11.4 Å². The van der Waals surface area contributed by atoms with Crippen LogP contribution in [0.5, 0.6) is 5.88 Å². The first-order valence-electron chi connectivity index (χ1n) is 5.92. The van der Waals surface area contributed by atoms with Gasteiger partial charge in [-0.05, 0) is 42.9 Å². The summed E-state index contributed by atoms with van der Waals surface area (Å²) in [6, 6.07) is 9.27. The molecule has 104 valence electrons. The number of pyridine rings is 1. The van der Waals surface area contributed by atoms with Crippen molar-refractivity contribution in [2.24, 2.45) is 0 Å². The van der Waals surface area contributed by atoms with Crippen LogP contribution in [-0.4, -0.2) is 17.2 Å². The standard InChI is InChI=1S/C14H14ClN3OS/c1-9-3-4-10(7-12(9)15)17-14(20)18-11-5-6-13(19-2)16-8-11/h3-8H,1-2H3,(H2,17,18,20). The van der Waals surface area contributed by atoms with Gasteiger partial charge < -0.3 is 15.4 Å². The zero-order valence-corrected chi connectivity index (χ0v) is 12.7. The van der Waals surface area contributed by atoms with Crippen LogP contribution < -0.4 is 15.4 Å². The van der Waals surface area contributed by atoms with Crippen LogP contribution in [0.15, 0.2) is 36.5 Å². The van der Waals surface area contributed by atoms with Crippen LogP contribution in [0.3, 0.4) is 0 Å². The molecule has 0 fully saturated rings. The Kier molecular flexibility index (Phi) is 4.76. The van der Waals surface area contributed by atoms with Crippen molar-refractivity contribution in [3.05, 3.63) is 47.1 Å². The number of hydrogen-bond donors (Lipinski definition) is 2. The third-order valence-corrected chi connectivity index (χ3v) is 3.24. The average Bonchev–Trinajstić information content (AvgIpc) is 2.44. The number of anilines is 2. The van der Waals surface area contributed by atoms with E-state index in [1.165, 1.54) is 0 Å². The van der Waals surface area contributed by atoms with Crippen molar-refractivity contribution in [1.82, 2.24) is 4.98 Å². The molecule has 0 unspecified atom stereocenters. The fourth-order valence-corrected chi connectivity index (χ4v) is 1.96. The van der Waals surface area contributed by atoms with Gasteiger partial charge in [-0.15, -0.1) is 0 Å². The Morgan fingerprint density at radius 1 is 1.20 bits per heavy atom. The van der Waals surface area contributed by atoms with Crippen molar-refractivity contribution < 1.29 is 4.74 Å². The number of methoxy groups -OCH3 is 1. The second-order valence-corrected chi connectivity index (χ2v) is 4.95. The summed E-state index contributed by atoms with van der Waals surface area (Å²) in [4.78, 5) is 4.09. The molecule has 0 saturated heterocycles. The molecule has 0 saturated carbocycles. The van der Waals surface area contributed by atoms with Crippen LogP contribution >= 0.6 is 23.8 Å². The van der Waals surface area contributed by atoms with Crippen molar-refractivity contribution in [3.8, 4) is 5.88 Å². The Morgan fingerprint density at radius 2 is 1.90 bits per heavy atom. The third kappa shape index (κ3) is 3.82. The molecule has 0 bridgehead atoms. The summed E-state index contributed by atoms with van der Waals surface area (Å²) < 4.78 is 4.99. The van der Waals surface area contributed by atoms with Gasteiger partial charge in [-0.25, -0.2) is 4.98 Å². The molecule has 0 spiro atoms. The highest BCUT2D eigenvalue weighted by molar-refractivity contribution is 7.80. The molecule has 1 heterocycles. The summed E-state index contributed by atoms with van der Waals surface area (Å²) in [7, 11) is 1.57. The number of nitrogens with zero attached hydrogens (tertiary/aromatic N) is 1. The smallest absolute Gasteiger partial charge is 0.213 e. The molecular formula is C14H14ClN3OS. The molecule has 0 aliphatic carbocycles. The highest BCUT2D eigenvalue weighted by Gasteiger charge is 2.02. The van der Waals surface area contributed by atoms with Crippen molar-refractivity contribution in [3.63, 3.8) is 0 Å². The Morgan fingerprint density at radius 3 is 2.50 bits per heavy atom. The first-order chi connectivity index (χ1) is 9.58. The van der Waals surface area contributed by atoms with Crippen molar-refractivity contribution >= 4 is 40.3 Å². The number of benzene rings is 1. The molecule has 0 aliphatic rings. The number of hydrogen-bond acceptors (Lipinski definition) is 3. The van der Waals surface area contributed by atoms with Gasteiger partial charge in [-0.1, -0.05) is 17.7 Å². The molecular weight excluding hydrogens is 294 g/mol. The van der Waals surface area contributed by atoms with Gasteiger partial charge in [-0.2, -0.15) is 0 Å². The Labute approximate surface area is 128 Å². The van der Waals surface area contributed by atoms with E-state index in [0.29, 0.717) is 16.0 Å². The first-order valence-corrected chi connectivity index (χ1v) is 6.71. The van der Waals surface area contributed by atoms with E-state index in [9.17, 15) is 0 Å². The highest BCUT2D eigenvalue weighted by atomic mass is 35.5. The molecule has 0 amide bonds. The number of ether oxygens (including phenoxy) is 1. The van der Waals surface area contributed by atoms with E-state index in [2.05, 4.69) is 15.6 Å². The molecule has 4 nitrogen and oxygen atoms in total. The maximum Gasteiger partial charge on any atom is 0.213 e. The van der Waals surface area contributed by atoms with Crippen molar-refractivity contribution in [2.45, 2.75) is 6.92 Å². The number of thiocarbonyl (C=S) groups is 1. The molecule has 0 radical (unpaired) electrons. The molecule has 20 heavy (non-hydrogen) atoms. The lowest BCUT2D eigenvalue weighted by molar-refractivity contribution is 0.398. The number of halogens is 1. The summed E-state index contributed by atoms with van der Waals surface area (Å²) in [5, 5.41) is 7.27. The van der Waals surface area contributed by atoms with Crippen molar-refractivity contribution in [2.75, 3.05) is 17.7 Å². The predicted octanol–water partition coefficient (Wildman–Crippen LogP) is 3.86. The normalized spacial score (nSPS) is 9.95. The zero-order chi connectivity index (χ0) is 14.5. The molecule has 0 aliphatic heterocycles. The van der Waals surface area contributed by atoms with E-state index in [1.807, 2.05) is 31.2 Å². The maximum absolute atomic E-state index is 6.06. The highest BCUT2D eigenvalue weighted by Crippen LogP contribution is 2.20. The summed E-state index contributed by atoms with van der Waals surface area (Å²) in [6.45, 7) is 1.95. The monoisotopic (exact) mass is 307 g/mol. The zero-order valence-electron chi connectivity index (χ0n) is 11.1. The van der Waals surface area contributed by atoms with Gasteiger partial charge >= 0.3 is 0 Å². The summed E-state index contributed by atoms with van der Waals surface area (Å²) in [6.07, 6.45) is 1.65. The lowest BCUT2D eigenvalue weighted by atomic mass is 10.2. The van der Waals surface area contributed by atoms with E-state index in [4.69, 9.17) is 28.6 Å². The van der Waals surface area contributed by atoms with Gasteiger partial charge in [0.2, 0.25) is 5.88 Å². The number of rotatable bonds is 3. The van der Waals surface area contributed by atoms with Gasteiger partial charge in [0.25, 0.3) is 0 Å². The molecule has 6 heteroatoms.